The fourth-order valence-electron chi connectivity index (χ4n) is 2.55. The Morgan fingerprint density at radius 1 is 1.26 bits per heavy atom. The molecule has 0 radical (unpaired) electrons. The maximum atomic E-state index is 13.9. The Bertz CT molecular complexity index is 1110. The van der Waals surface area contributed by atoms with Crippen LogP contribution in [0, 0.1) is 5.82 Å². The predicted octanol–water partition coefficient (Wildman–Crippen LogP) is 4.89. The van der Waals surface area contributed by atoms with E-state index in [0.29, 0.717) is 27.0 Å². The van der Waals surface area contributed by atoms with Gasteiger partial charge in [0.1, 0.15) is 18.2 Å². The Morgan fingerprint density at radius 2 is 2.15 bits per heavy atom. The van der Waals surface area contributed by atoms with Crippen LogP contribution >= 0.6 is 15.9 Å². The molecule has 2 heterocycles. The van der Waals surface area contributed by atoms with Gasteiger partial charge in [-0.1, -0.05) is 22.0 Å². The largest absolute Gasteiger partial charge is 0.489 e. The molecule has 0 fully saturated rings. The van der Waals surface area contributed by atoms with E-state index in [9.17, 15) is 9.18 Å². The number of anilines is 1. The van der Waals surface area contributed by atoms with Crippen LogP contribution in [0.3, 0.4) is 0 Å². The van der Waals surface area contributed by atoms with Crippen LogP contribution in [0.2, 0.25) is 0 Å². The maximum Gasteiger partial charge on any atom is 0.292 e. The fraction of sp³-hybridized carbons (Fsp3) is 0.0526. The van der Waals surface area contributed by atoms with Crippen LogP contribution < -0.4 is 10.1 Å². The number of hydrogen-bond acceptors (Lipinski definition) is 4. The SMILES string of the molecule is O=C(Nc1n[nH]c2ccc(OCc3ccc(Br)cc3F)cc12)c1ccco1. The quantitative estimate of drug-likeness (QED) is 0.473. The van der Waals surface area contributed by atoms with Gasteiger partial charge in [0.15, 0.2) is 11.6 Å². The zero-order valence-corrected chi connectivity index (χ0v) is 15.4. The number of H-pyrrole nitrogens is 1. The van der Waals surface area contributed by atoms with E-state index in [1.165, 1.54) is 12.3 Å². The second kappa shape index (κ2) is 7.24. The molecule has 0 saturated carbocycles. The third-order valence-corrected chi connectivity index (χ3v) is 4.41. The molecule has 2 aromatic carbocycles. The summed E-state index contributed by atoms with van der Waals surface area (Å²) in [4.78, 5) is 12.1. The van der Waals surface area contributed by atoms with Gasteiger partial charge < -0.3 is 14.5 Å². The van der Waals surface area contributed by atoms with Crippen LogP contribution in [-0.2, 0) is 6.61 Å². The van der Waals surface area contributed by atoms with E-state index in [1.807, 2.05) is 0 Å². The molecule has 4 rings (SSSR count). The Balaban J connectivity index is 1.53. The molecule has 6 nitrogen and oxygen atoms in total. The molecule has 4 aromatic rings. The number of halogens is 2. The van der Waals surface area contributed by atoms with Crippen molar-refractivity contribution in [1.82, 2.24) is 10.2 Å². The highest BCUT2D eigenvalue weighted by Crippen LogP contribution is 2.26. The molecular weight excluding hydrogens is 417 g/mol. The summed E-state index contributed by atoms with van der Waals surface area (Å²) in [6, 6.07) is 13.2. The lowest BCUT2D eigenvalue weighted by Crippen LogP contribution is -2.11. The van der Waals surface area contributed by atoms with Gasteiger partial charge in [-0.3, -0.25) is 9.89 Å². The van der Waals surface area contributed by atoms with E-state index in [0.717, 1.165) is 5.52 Å². The van der Waals surface area contributed by atoms with Crippen LogP contribution in [0.25, 0.3) is 10.9 Å². The van der Waals surface area contributed by atoms with Crippen molar-refractivity contribution in [2.75, 3.05) is 5.32 Å². The summed E-state index contributed by atoms with van der Waals surface area (Å²) in [6.45, 7) is 0.0799. The molecule has 27 heavy (non-hydrogen) atoms. The molecule has 2 N–H and O–H groups in total. The molecule has 136 valence electrons. The number of rotatable bonds is 5. The van der Waals surface area contributed by atoms with Gasteiger partial charge >= 0.3 is 0 Å². The molecule has 1 amide bonds. The van der Waals surface area contributed by atoms with Gasteiger partial charge in [0.05, 0.1) is 11.8 Å². The topological polar surface area (TPSA) is 80.2 Å². The van der Waals surface area contributed by atoms with Gasteiger partial charge in [-0.15, -0.1) is 0 Å². The number of nitrogens with one attached hydrogen (secondary N) is 2. The predicted molar refractivity (Wildman–Crippen MR) is 101 cm³/mol. The lowest BCUT2D eigenvalue weighted by atomic mass is 10.2. The van der Waals surface area contributed by atoms with Crippen molar-refractivity contribution in [2.24, 2.45) is 0 Å². The third kappa shape index (κ3) is 3.70. The van der Waals surface area contributed by atoms with Gasteiger partial charge in [0.2, 0.25) is 0 Å². The molecule has 8 heteroatoms. The Hall–Kier alpha value is -3.13. The summed E-state index contributed by atoms with van der Waals surface area (Å²) in [7, 11) is 0. The Kier molecular flexibility index (Phi) is 4.64. The summed E-state index contributed by atoms with van der Waals surface area (Å²) in [5.74, 6) is 0.312. The zero-order valence-electron chi connectivity index (χ0n) is 13.8. The van der Waals surface area contributed by atoms with Crippen molar-refractivity contribution in [3.63, 3.8) is 0 Å². The summed E-state index contributed by atoms with van der Waals surface area (Å²) < 4.78 is 25.4. The minimum absolute atomic E-state index is 0.0799. The molecule has 0 spiro atoms. The van der Waals surface area contributed by atoms with E-state index < -0.39 is 5.91 Å². The number of carbonyl (C=O) groups excluding carboxylic acids is 1. The van der Waals surface area contributed by atoms with E-state index in [-0.39, 0.29) is 18.2 Å². The normalized spacial score (nSPS) is 10.9. The van der Waals surface area contributed by atoms with Crippen LogP contribution in [0.4, 0.5) is 10.2 Å². The number of carbonyl (C=O) groups is 1. The van der Waals surface area contributed by atoms with Crippen molar-refractivity contribution in [3.8, 4) is 5.75 Å². The first-order valence-corrected chi connectivity index (χ1v) is 8.79. The van der Waals surface area contributed by atoms with Crippen molar-refractivity contribution in [1.29, 1.82) is 0 Å². The molecule has 0 aliphatic rings. The zero-order chi connectivity index (χ0) is 18.8. The monoisotopic (exact) mass is 429 g/mol. The van der Waals surface area contributed by atoms with Crippen molar-refractivity contribution in [2.45, 2.75) is 6.61 Å². The fourth-order valence-corrected chi connectivity index (χ4v) is 2.89. The van der Waals surface area contributed by atoms with Gasteiger partial charge in [-0.2, -0.15) is 5.10 Å². The first kappa shape index (κ1) is 17.3. The first-order valence-electron chi connectivity index (χ1n) is 8.00. The number of amides is 1. The van der Waals surface area contributed by atoms with Crippen LogP contribution in [0.1, 0.15) is 16.1 Å². The Labute approximate surface area is 161 Å². The smallest absolute Gasteiger partial charge is 0.292 e. The molecule has 0 aliphatic heterocycles. The van der Waals surface area contributed by atoms with Crippen molar-refractivity contribution in [3.05, 3.63) is 76.4 Å². The van der Waals surface area contributed by atoms with Crippen LogP contribution in [-0.4, -0.2) is 16.1 Å². The summed E-state index contributed by atoms with van der Waals surface area (Å²) >= 11 is 3.22. The highest BCUT2D eigenvalue weighted by atomic mass is 79.9. The summed E-state index contributed by atoms with van der Waals surface area (Å²) in [5, 5.41) is 10.3. The molecule has 0 aliphatic carbocycles. The molecule has 0 bridgehead atoms. The number of ether oxygens (including phenoxy) is 1. The molecule has 0 saturated heterocycles. The van der Waals surface area contributed by atoms with Crippen LogP contribution in [0.5, 0.6) is 5.75 Å². The van der Waals surface area contributed by atoms with Crippen molar-refractivity contribution >= 4 is 38.6 Å². The average molecular weight is 430 g/mol. The Morgan fingerprint density at radius 3 is 2.93 bits per heavy atom. The highest BCUT2D eigenvalue weighted by molar-refractivity contribution is 9.10. The number of aromatic nitrogens is 2. The molecule has 2 aromatic heterocycles. The summed E-state index contributed by atoms with van der Waals surface area (Å²) in [6.07, 6.45) is 1.42. The maximum absolute atomic E-state index is 13.9. The highest BCUT2D eigenvalue weighted by Gasteiger charge is 2.14. The van der Waals surface area contributed by atoms with Gasteiger partial charge in [-0.05, 0) is 42.5 Å². The second-order valence-electron chi connectivity index (χ2n) is 5.74. The van der Waals surface area contributed by atoms with Gasteiger partial charge in [0.25, 0.3) is 5.91 Å². The summed E-state index contributed by atoms with van der Waals surface area (Å²) in [5.41, 5.74) is 1.17. The average Bonchev–Trinajstić information content (AvgIpc) is 3.31. The number of hydrogen-bond donors (Lipinski definition) is 2. The minimum Gasteiger partial charge on any atom is -0.489 e. The van der Waals surface area contributed by atoms with Gasteiger partial charge in [-0.25, -0.2) is 4.39 Å². The van der Waals surface area contributed by atoms with E-state index >= 15 is 0 Å². The van der Waals surface area contributed by atoms with Crippen molar-refractivity contribution < 1.29 is 18.3 Å². The number of fused-ring (bicyclic) bond motifs is 1. The van der Waals surface area contributed by atoms with E-state index in [2.05, 4.69) is 31.4 Å². The standard InChI is InChI=1S/C19H13BrFN3O3/c20-12-4-3-11(15(21)8-12)10-27-13-5-6-16-14(9-13)18(24-23-16)22-19(25)17-2-1-7-26-17/h1-9H,10H2,(H2,22,23,24,25). The van der Waals surface area contributed by atoms with Gasteiger partial charge in [0, 0.05) is 15.4 Å². The first-order chi connectivity index (χ1) is 13.1. The number of benzene rings is 2. The molecular formula is C19H13BrFN3O3. The number of nitrogens with zero attached hydrogens (tertiary/aromatic N) is 1. The van der Waals surface area contributed by atoms with E-state index in [4.69, 9.17) is 9.15 Å². The van der Waals surface area contributed by atoms with Crippen LogP contribution in [0.15, 0.2) is 63.7 Å². The third-order valence-electron chi connectivity index (χ3n) is 3.92. The van der Waals surface area contributed by atoms with E-state index in [1.54, 1.807) is 42.5 Å². The number of aromatic amines is 1. The second-order valence-corrected chi connectivity index (χ2v) is 6.65. The molecule has 0 unspecified atom stereocenters. The minimum atomic E-state index is -0.406. The lowest BCUT2D eigenvalue weighted by molar-refractivity contribution is 0.0996. The lowest BCUT2D eigenvalue weighted by Gasteiger charge is -2.08. The number of furan rings is 1. The molecule has 0 atom stereocenters.